The molecule has 1 N–H and O–H groups in total. The predicted molar refractivity (Wildman–Crippen MR) is 131 cm³/mol. The SMILES string of the molecule is Cn1cc2cc(-c3nn4cc(C5CCN(C(=O)OC(C)(C)C)CC5)nc4s3)cc(C(O)C(F)(F)F)c2n1. The Kier molecular flexibility index (Phi) is 6.18. The number of benzene rings is 1. The number of hydrogen-bond donors (Lipinski definition) is 1. The number of carbonyl (C=O) groups is 1. The van der Waals surface area contributed by atoms with Crippen LogP contribution in [0.25, 0.3) is 26.4 Å². The second kappa shape index (κ2) is 8.98. The summed E-state index contributed by atoms with van der Waals surface area (Å²) in [7, 11) is 1.61. The number of ether oxygens (including phenoxy) is 1. The number of fused-ring (bicyclic) bond motifs is 2. The van der Waals surface area contributed by atoms with Gasteiger partial charge in [-0.15, -0.1) is 0 Å². The number of amides is 1. The highest BCUT2D eigenvalue weighted by Crippen LogP contribution is 2.39. The standard InChI is InChI=1S/C24H27F3N6O3S/c1-23(2,3)36-22(35)32-7-5-13(6-8-32)17-12-33-21(28-17)37-20(30-33)14-9-15-11-31(4)29-18(15)16(10-14)19(34)24(25,26)27/h9-13,19,34H,5-8H2,1-4H3. The van der Waals surface area contributed by atoms with E-state index in [0.29, 0.717) is 34.0 Å². The molecule has 1 unspecified atom stereocenters. The van der Waals surface area contributed by atoms with Crippen LogP contribution in [-0.4, -0.2) is 65.3 Å². The number of aliphatic hydroxyl groups is 1. The topological polar surface area (TPSA) is 97.8 Å². The van der Waals surface area contributed by atoms with E-state index in [0.717, 1.165) is 18.5 Å². The molecule has 1 fully saturated rings. The summed E-state index contributed by atoms with van der Waals surface area (Å²) in [6, 6.07) is 3.00. The zero-order valence-corrected chi connectivity index (χ0v) is 21.6. The maximum absolute atomic E-state index is 13.3. The van der Waals surface area contributed by atoms with Crippen LogP contribution in [0.3, 0.4) is 0 Å². The van der Waals surface area contributed by atoms with Gasteiger partial charge >= 0.3 is 12.3 Å². The fraction of sp³-hybridized carbons (Fsp3) is 0.500. The lowest BCUT2D eigenvalue weighted by molar-refractivity contribution is -0.206. The first-order valence-corrected chi connectivity index (χ1v) is 12.7. The number of piperidine rings is 1. The highest BCUT2D eigenvalue weighted by atomic mass is 32.1. The van der Waals surface area contributed by atoms with Gasteiger partial charge in [-0.2, -0.15) is 23.4 Å². The molecule has 198 valence electrons. The molecule has 3 aromatic heterocycles. The normalized spacial score (nSPS) is 16.6. The van der Waals surface area contributed by atoms with Crippen LogP contribution in [0.5, 0.6) is 0 Å². The second-order valence-electron chi connectivity index (χ2n) is 10.3. The minimum absolute atomic E-state index is 0.0948. The van der Waals surface area contributed by atoms with Gasteiger partial charge in [0.25, 0.3) is 0 Å². The van der Waals surface area contributed by atoms with Gasteiger partial charge in [-0.25, -0.2) is 14.3 Å². The van der Waals surface area contributed by atoms with E-state index in [-0.39, 0.29) is 23.1 Å². The van der Waals surface area contributed by atoms with Gasteiger partial charge in [-0.1, -0.05) is 11.3 Å². The lowest BCUT2D eigenvalue weighted by atomic mass is 9.94. The number of aliphatic hydroxyl groups excluding tert-OH is 1. The van der Waals surface area contributed by atoms with Crippen molar-refractivity contribution in [2.45, 2.75) is 57.4 Å². The van der Waals surface area contributed by atoms with E-state index >= 15 is 0 Å². The van der Waals surface area contributed by atoms with Crippen LogP contribution in [-0.2, 0) is 11.8 Å². The van der Waals surface area contributed by atoms with Gasteiger partial charge in [-0.05, 0) is 45.7 Å². The number of likely N-dealkylation sites (tertiary alicyclic amines) is 1. The van der Waals surface area contributed by atoms with E-state index in [1.807, 2.05) is 27.0 Å². The first kappa shape index (κ1) is 25.5. The molecule has 4 heterocycles. The van der Waals surface area contributed by atoms with Crippen LogP contribution < -0.4 is 0 Å². The number of halogens is 3. The van der Waals surface area contributed by atoms with Crippen molar-refractivity contribution in [1.29, 1.82) is 0 Å². The number of alkyl halides is 3. The van der Waals surface area contributed by atoms with Crippen molar-refractivity contribution < 1.29 is 27.8 Å². The van der Waals surface area contributed by atoms with E-state index in [1.165, 1.54) is 22.1 Å². The number of imidazole rings is 1. The third-order valence-corrected chi connectivity index (χ3v) is 7.20. The third-order valence-electron chi connectivity index (χ3n) is 6.23. The van der Waals surface area contributed by atoms with Gasteiger partial charge in [0.05, 0.1) is 17.4 Å². The number of carbonyl (C=O) groups excluding carboxylic acids is 1. The molecule has 0 bridgehead atoms. The molecule has 13 heteroatoms. The summed E-state index contributed by atoms with van der Waals surface area (Å²) in [5.41, 5.74) is 0.549. The highest BCUT2D eigenvalue weighted by Gasteiger charge is 2.41. The van der Waals surface area contributed by atoms with E-state index in [4.69, 9.17) is 9.72 Å². The smallest absolute Gasteiger partial charge is 0.418 e. The van der Waals surface area contributed by atoms with Gasteiger partial charge in [-0.3, -0.25) is 4.68 Å². The molecule has 5 rings (SSSR count). The molecular formula is C24H27F3N6O3S. The number of rotatable bonds is 3. The molecule has 4 aromatic rings. The summed E-state index contributed by atoms with van der Waals surface area (Å²) in [5.74, 6) is 0.163. The van der Waals surface area contributed by atoms with Crippen LogP contribution in [0.2, 0.25) is 0 Å². The van der Waals surface area contributed by atoms with Crippen molar-refractivity contribution in [2.24, 2.45) is 7.05 Å². The monoisotopic (exact) mass is 536 g/mol. The van der Waals surface area contributed by atoms with E-state index < -0.39 is 17.9 Å². The van der Waals surface area contributed by atoms with E-state index in [9.17, 15) is 23.1 Å². The summed E-state index contributed by atoms with van der Waals surface area (Å²) < 4.78 is 48.5. The Morgan fingerprint density at radius 1 is 1.16 bits per heavy atom. The Morgan fingerprint density at radius 2 is 1.86 bits per heavy atom. The van der Waals surface area contributed by atoms with Gasteiger partial charge in [0.2, 0.25) is 4.96 Å². The van der Waals surface area contributed by atoms with Crippen molar-refractivity contribution in [2.75, 3.05) is 13.1 Å². The quantitative estimate of drug-likeness (QED) is 0.393. The van der Waals surface area contributed by atoms with Crippen LogP contribution in [0.15, 0.2) is 24.5 Å². The number of hydrogen-bond acceptors (Lipinski definition) is 7. The van der Waals surface area contributed by atoms with E-state index in [1.54, 1.807) is 28.7 Å². The Labute approximate surface area is 214 Å². The fourth-order valence-electron chi connectivity index (χ4n) is 4.50. The average molecular weight is 537 g/mol. The molecule has 1 amide bonds. The molecule has 9 nitrogen and oxygen atoms in total. The molecule has 0 radical (unpaired) electrons. The maximum atomic E-state index is 13.3. The lowest BCUT2D eigenvalue weighted by Crippen LogP contribution is -2.41. The molecule has 1 aliphatic heterocycles. The first-order chi connectivity index (χ1) is 17.3. The van der Waals surface area contributed by atoms with Crippen LogP contribution in [0.1, 0.15) is 56.9 Å². The van der Waals surface area contributed by atoms with Crippen molar-refractivity contribution in [3.63, 3.8) is 0 Å². The molecule has 0 spiro atoms. The number of nitrogens with zero attached hydrogens (tertiary/aromatic N) is 6. The zero-order valence-electron chi connectivity index (χ0n) is 20.8. The van der Waals surface area contributed by atoms with Crippen molar-refractivity contribution >= 4 is 33.3 Å². The molecular weight excluding hydrogens is 509 g/mol. The average Bonchev–Trinajstić information content (AvgIpc) is 3.48. The summed E-state index contributed by atoms with van der Waals surface area (Å²) in [4.78, 5) is 19.4. The number of aromatic nitrogens is 5. The lowest BCUT2D eigenvalue weighted by Gasteiger charge is -2.32. The van der Waals surface area contributed by atoms with E-state index in [2.05, 4.69) is 10.2 Å². The summed E-state index contributed by atoms with van der Waals surface area (Å²) in [5, 5.41) is 19.6. The number of aryl methyl sites for hydroxylation is 1. The van der Waals surface area contributed by atoms with Crippen LogP contribution in [0, 0.1) is 0 Å². The Bertz CT molecular complexity index is 1430. The van der Waals surface area contributed by atoms with Crippen molar-refractivity contribution in [1.82, 2.24) is 29.3 Å². The minimum atomic E-state index is -4.82. The fourth-order valence-corrected chi connectivity index (χ4v) is 5.38. The molecule has 1 atom stereocenters. The Balaban J connectivity index is 1.37. The molecule has 1 aliphatic rings. The second-order valence-corrected chi connectivity index (χ2v) is 11.2. The van der Waals surface area contributed by atoms with Crippen LogP contribution >= 0.6 is 11.3 Å². The first-order valence-electron chi connectivity index (χ1n) is 11.8. The highest BCUT2D eigenvalue weighted by molar-refractivity contribution is 7.19. The summed E-state index contributed by atoms with van der Waals surface area (Å²) >= 11 is 1.26. The van der Waals surface area contributed by atoms with Gasteiger partial charge in [0.1, 0.15) is 10.6 Å². The van der Waals surface area contributed by atoms with Gasteiger partial charge in [0, 0.05) is 48.8 Å². The Hall–Kier alpha value is -3.19. The minimum Gasteiger partial charge on any atom is -0.444 e. The van der Waals surface area contributed by atoms with Gasteiger partial charge in [0.15, 0.2) is 6.10 Å². The molecule has 1 saturated heterocycles. The largest absolute Gasteiger partial charge is 0.444 e. The van der Waals surface area contributed by atoms with Crippen LogP contribution in [0.4, 0.5) is 18.0 Å². The van der Waals surface area contributed by atoms with Gasteiger partial charge < -0.3 is 14.7 Å². The van der Waals surface area contributed by atoms with Crippen molar-refractivity contribution in [3.05, 3.63) is 35.8 Å². The predicted octanol–water partition coefficient (Wildman–Crippen LogP) is 5.05. The molecule has 0 aliphatic carbocycles. The zero-order chi connectivity index (χ0) is 26.7. The van der Waals surface area contributed by atoms with Crippen molar-refractivity contribution in [3.8, 4) is 10.6 Å². The molecule has 37 heavy (non-hydrogen) atoms. The Morgan fingerprint density at radius 3 is 2.49 bits per heavy atom. The summed E-state index contributed by atoms with van der Waals surface area (Å²) in [6.07, 6.45) is -2.88. The summed E-state index contributed by atoms with van der Waals surface area (Å²) in [6.45, 7) is 6.65. The third kappa shape index (κ3) is 5.14. The maximum Gasteiger partial charge on any atom is 0.418 e. The molecule has 0 saturated carbocycles. The molecule has 1 aromatic carbocycles.